The zero-order valence-electron chi connectivity index (χ0n) is 17.0. The molecule has 1 aromatic carbocycles. The fourth-order valence-corrected chi connectivity index (χ4v) is 4.09. The fraction of sp³-hybridized carbons (Fsp3) is 0.500. The number of benzene rings is 1. The van der Waals surface area contributed by atoms with E-state index in [-0.39, 0.29) is 13.1 Å². The Kier molecular flexibility index (Phi) is 6.05. The van der Waals surface area contributed by atoms with Gasteiger partial charge < -0.3 is 20.2 Å². The summed E-state index contributed by atoms with van der Waals surface area (Å²) in [6, 6.07) is 7.05. The molecule has 3 heterocycles. The van der Waals surface area contributed by atoms with Crippen molar-refractivity contribution in [1.82, 2.24) is 25.1 Å². The van der Waals surface area contributed by atoms with Crippen molar-refractivity contribution < 1.29 is 29.1 Å². The zero-order valence-corrected chi connectivity index (χ0v) is 17.0. The number of fused-ring (bicyclic) bond motifs is 1. The topological polar surface area (TPSA) is 123 Å². The minimum Gasteiger partial charge on any atom is -0.480 e. The van der Waals surface area contributed by atoms with E-state index in [0.717, 1.165) is 17.9 Å². The summed E-state index contributed by atoms with van der Waals surface area (Å²) in [5, 5.41) is 12.5. The lowest BCUT2D eigenvalue weighted by Crippen LogP contribution is -2.60. The molecule has 0 radical (unpaired) electrons. The quantitative estimate of drug-likeness (QED) is 0.603. The van der Waals surface area contributed by atoms with Crippen molar-refractivity contribution in [2.45, 2.75) is 18.5 Å². The third kappa shape index (κ3) is 4.32. The van der Waals surface area contributed by atoms with Gasteiger partial charge in [0.15, 0.2) is 0 Å². The Balaban J connectivity index is 1.29. The van der Waals surface area contributed by atoms with Crippen LogP contribution in [0.1, 0.15) is 5.56 Å². The first-order valence-corrected chi connectivity index (χ1v) is 10.3. The number of aliphatic carboxylic acids is 1. The second-order valence-corrected chi connectivity index (χ2v) is 7.77. The number of urea groups is 1. The Bertz CT molecular complexity index is 857. The molecular weight excluding hydrogens is 406 g/mol. The minimum absolute atomic E-state index is 0.0254. The van der Waals surface area contributed by atoms with E-state index in [4.69, 9.17) is 4.84 Å². The molecule has 2 unspecified atom stereocenters. The van der Waals surface area contributed by atoms with Crippen molar-refractivity contribution in [2.24, 2.45) is 0 Å². The fourth-order valence-electron chi connectivity index (χ4n) is 4.09. The lowest BCUT2D eigenvalue weighted by Gasteiger charge is -2.34. The number of amides is 4. The first kappa shape index (κ1) is 21.1. The summed E-state index contributed by atoms with van der Waals surface area (Å²) in [5.41, 5.74) is 1.25. The van der Waals surface area contributed by atoms with Gasteiger partial charge in [-0.3, -0.25) is 14.6 Å². The number of carbonyl (C=O) groups is 4. The Labute approximate surface area is 179 Å². The molecule has 0 bridgehead atoms. The van der Waals surface area contributed by atoms with E-state index >= 15 is 0 Å². The zero-order chi connectivity index (χ0) is 22.0. The molecule has 0 aromatic heterocycles. The molecule has 11 heteroatoms. The number of carboxylic acid groups (broad SMARTS) is 1. The predicted octanol–water partition coefficient (Wildman–Crippen LogP) is -0.412. The second-order valence-electron chi connectivity index (χ2n) is 7.77. The van der Waals surface area contributed by atoms with Crippen LogP contribution >= 0.6 is 0 Å². The van der Waals surface area contributed by atoms with Crippen LogP contribution in [0.25, 0.3) is 0 Å². The predicted molar refractivity (Wildman–Crippen MR) is 107 cm³/mol. The lowest BCUT2D eigenvalue weighted by molar-refractivity contribution is -0.152. The summed E-state index contributed by atoms with van der Waals surface area (Å²) >= 11 is 0. The maximum Gasteiger partial charge on any atom is 0.434 e. The van der Waals surface area contributed by atoms with E-state index in [9.17, 15) is 24.3 Å². The maximum atomic E-state index is 12.6. The van der Waals surface area contributed by atoms with E-state index in [1.165, 1.54) is 10.5 Å². The van der Waals surface area contributed by atoms with Gasteiger partial charge in [-0.15, -0.1) is 0 Å². The third-order valence-electron chi connectivity index (χ3n) is 5.87. The van der Waals surface area contributed by atoms with Gasteiger partial charge in [0.25, 0.3) is 5.91 Å². The normalized spacial score (nSPS) is 24.3. The summed E-state index contributed by atoms with van der Waals surface area (Å²) in [6.07, 6.45) is 0.127. The van der Waals surface area contributed by atoms with Crippen LogP contribution in [0.2, 0.25) is 0 Å². The molecule has 2 atom stereocenters. The highest BCUT2D eigenvalue weighted by molar-refractivity contribution is 6.05. The van der Waals surface area contributed by atoms with Gasteiger partial charge in [0, 0.05) is 45.8 Å². The van der Waals surface area contributed by atoms with Crippen LogP contribution in [-0.2, 0) is 20.8 Å². The summed E-state index contributed by atoms with van der Waals surface area (Å²) in [6.45, 7) is 3.15. The van der Waals surface area contributed by atoms with Gasteiger partial charge in [-0.1, -0.05) is 35.4 Å². The first-order chi connectivity index (χ1) is 15.0. The number of hydrogen-bond acceptors (Lipinski definition) is 7. The number of nitrogens with one attached hydrogen (secondary N) is 1. The van der Waals surface area contributed by atoms with Gasteiger partial charge in [-0.25, -0.2) is 14.4 Å². The molecule has 4 amide bonds. The number of hydrogen-bond donors (Lipinski definition) is 2. The van der Waals surface area contributed by atoms with Gasteiger partial charge in [-0.2, -0.15) is 0 Å². The summed E-state index contributed by atoms with van der Waals surface area (Å²) in [5.74, 6) is -1.96. The SMILES string of the molecule is O=C(O)C1CNCC2C(=O)N(OC(=O)N3CCN(CCc4ccccc4)CC3)C(=O)N12. The van der Waals surface area contributed by atoms with Gasteiger partial charge in [0.1, 0.15) is 12.1 Å². The number of carboxylic acids is 1. The van der Waals surface area contributed by atoms with Crippen LogP contribution in [0.15, 0.2) is 30.3 Å². The van der Waals surface area contributed by atoms with E-state index in [1.54, 1.807) is 0 Å². The van der Waals surface area contributed by atoms with Crippen LogP contribution in [0.4, 0.5) is 9.59 Å². The van der Waals surface area contributed by atoms with E-state index in [0.29, 0.717) is 31.2 Å². The van der Waals surface area contributed by atoms with Crippen LogP contribution in [0.3, 0.4) is 0 Å². The van der Waals surface area contributed by atoms with Crippen molar-refractivity contribution in [2.75, 3.05) is 45.8 Å². The van der Waals surface area contributed by atoms with Gasteiger partial charge >= 0.3 is 18.1 Å². The molecule has 1 aromatic rings. The molecule has 31 heavy (non-hydrogen) atoms. The molecule has 0 aliphatic carbocycles. The Hall–Kier alpha value is -3.18. The maximum absolute atomic E-state index is 12.6. The number of hydroxylamine groups is 2. The molecule has 3 fully saturated rings. The van der Waals surface area contributed by atoms with Crippen molar-refractivity contribution in [3.8, 4) is 0 Å². The number of imide groups is 1. The van der Waals surface area contributed by atoms with Gasteiger partial charge in [-0.05, 0) is 12.0 Å². The summed E-state index contributed by atoms with van der Waals surface area (Å²) < 4.78 is 0. The Morgan fingerprint density at radius 1 is 1.06 bits per heavy atom. The van der Waals surface area contributed by atoms with Crippen molar-refractivity contribution >= 4 is 24.0 Å². The molecule has 166 valence electrons. The number of piperazine rings is 2. The molecule has 3 aliphatic heterocycles. The van der Waals surface area contributed by atoms with Crippen molar-refractivity contribution in [3.05, 3.63) is 35.9 Å². The van der Waals surface area contributed by atoms with Crippen LogP contribution < -0.4 is 5.32 Å². The Morgan fingerprint density at radius 3 is 2.45 bits per heavy atom. The smallest absolute Gasteiger partial charge is 0.434 e. The number of rotatable bonds is 5. The average molecular weight is 431 g/mol. The minimum atomic E-state index is -1.22. The second kappa shape index (κ2) is 8.90. The largest absolute Gasteiger partial charge is 0.480 e. The molecular formula is C20H25N5O6. The average Bonchev–Trinajstić information content (AvgIpc) is 3.03. The number of nitrogens with zero attached hydrogens (tertiary/aromatic N) is 4. The first-order valence-electron chi connectivity index (χ1n) is 10.3. The monoisotopic (exact) mass is 431 g/mol. The summed E-state index contributed by atoms with van der Waals surface area (Å²) in [4.78, 5) is 58.8. The van der Waals surface area contributed by atoms with Crippen molar-refractivity contribution in [1.29, 1.82) is 0 Å². The van der Waals surface area contributed by atoms with Crippen molar-refractivity contribution in [3.63, 3.8) is 0 Å². The molecule has 2 N–H and O–H groups in total. The van der Waals surface area contributed by atoms with E-state index in [1.807, 2.05) is 18.2 Å². The van der Waals surface area contributed by atoms with Gasteiger partial charge in [0.05, 0.1) is 0 Å². The summed E-state index contributed by atoms with van der Waals surface area (Å²) in [7, 11) is 0. The molecule has 4 rings (SSSR count). The highest BCUT2D eigenvalue weighted by Gasteiger charge is 2.54. The third-order valence-corrected chi connectivity index (χ3v) is 5.87. The molecule has 11 nitrogen and oxygen atoms in total. The molecule has 3 aliphatic rings. The van der Waals surface area contributed by atoms with Gasteiger partial charge in [0.2, 0.25) is 0 Å². The lowest BCUT2D eigenvalue weighted by atomic mass is 10.1. The molecule has 0 spiro atoms. The standard InChI is InChI=1S/C20H25N5O6/c26-17-15-12-21-13-16(18(27)28)24(15)19(29)25(17)31-20(30)23-10-8-22(9-11-23)7-6-14-4-2-1-3-5-14/h1-5,15-16,21H,6-13H2,(H,27,28). The molecule has 3 saturated heterocycles. The Morgan fingerprint density at radius 2 is 1.77 bits per heavy atom. The highest BCUT2D eigenvalue weighted by atomic mass is 16.7. The molecule has 0 saturated carbocycles. The van der Waals surface area contributed by atoms with Crippen LogP contribution in [0, 0.1) is 0 Å². The van der Waals surface area contributed by atoms with E-state index < -0.39 is 36.1 Å². The van der Waals surface area contributed by atoms with Crippen LogP contribution in [-0.4, -0.2) is 107 Å². The van der Waals surface area contributed by atoms with E-state index in [2.05, 4.69) is 22.3 Å². The number of carbonyl (C=O) groups excluding carboxylic acids is 3. The van der Waals surface area contributed by atoms with Crippen LogP contribution in [0.5, 0.6) is 0 Å². The highest BCUT2D eigenvalue weighted by Crippen LogP contribution is 2.24.